The summed E-state index contributed by atoms with van der Waals surface area (Å²) in [6.45, 7) is 0. The first kappa shape index (κ1) is 16.3. The van der Waals surface area contributed by atoms with E-state index in [1.807, 2.05) is 0 Å². The van der Waals surface area contributed by atoms with E-state index in [2.05, 4.69) is 0 Å². The van der Waals surface area contributed by atoms with Crippen molar-refractivity contribution in [3.8, 4) is 0 Å². The number of halogens is 3. The molecule has 5 nitrogen and oxygen atoms in total. The molecular weight excluding hydrogens is 177 g/mol. The van der Waals surface area contributed by atoms with Crippen LogP contribution >= 0.6 is 0 Å². The zero-order valence-corrected chi connectivity index (χ0v) is 5.83. The Bertz CT molecular complexity index is 171. The summed E-state index contributed by atoms with van der Waals surface area (Å²) in [6.07, 6.45) is 0. The molecule has 10 heavy (non-hydrogen) atoms. The van der Waals surface area contributed by atoms with Crippen molar-refractivity contribution < 1.29 is 26.1 Å². The summed E-state index contributed by atoms with van der Waals surface area (Å²) in [6, 6.07) is 0. The van der Waals surface area contributed by atoms with Gasteiger partial charge in [0, 0.05) is 0 Å². The molecule has 0 saturated carbocycles. The molecule has 0 amide bonds. The predicted octanol–water partition coefficient (Wildman–Crippen LogP) is 0.932. The highest BCUT2D eigenvalue weighted by Gasteiger charge is 2.44. The van der Waals surface area contributed by atoms with Gasteiger partial charge in [0.2, 0.25) is 0 Å². The fourth-order valence-corrected chi connectivity index (χ4v) is 0. The predicted molar refractivity (Wildman–Crippen MR) is 28.6 cm³/mol. The maximum absolute atomic E-state index is 10.7. The van der Waals surface area contributed by atoms with E-state index in [9.17, 15) is 13.2 Å². The summed E-state index contributed by atoms with van der Waals surface area (Å²) in [5, 5.41) is 0. The minimum atomic E-state index is -5.84. The summed E-state index contributed by atoms with van der Waals surface area (Å²) in [5.41, 5.74) is -5.53. The van der Waals surface area contributed by atoms with Crippen LogP contribution < -0.4 is 12.3 Å². The van der Waals surface area contributed by atoms with Crippen molar-refractivity contribution in [1.29, 1.82) is 0 Å². The number of quaternary nitrogens is 1. The van der Waals surface area contributed by atoms with Gasteiger partial charge in [-0.3, -0.25) is 4.55 Å². The SMILES string of the molecule is N.O=S(=O)(O)C(F)(F)F.[NH4+]. The highest BCUT2D eigenvalue weighted by Crippen LogP contribution is 2.20. The highest BCUT2D eigenvalue weighted by molar-refractivity contribution is 7.86. The van der Waals surface area contributed by atoms with Gasteiger partial charge in [-0.25, -0.2) is 0 Å². The Labute approximate surface area is 55.1 Å². The minimum absolute atomic E-state index is 0. The second-order valence-electron chi connectivity index (χ2n) is 0.921. The maximum Gasteiger partial charge on any atom is 0.522 e. The zero-order chi connectivity index (χ0) is 7.00. The molecule has 0 fully saturated rings. The van der Waals surface area contributed by atoms with Crippen LogP contribution in [-0.4, -0.2) is 18.5 Å². The molecule has 0 aliphatic carbocycles. The van der Waals surface area contributed by atoms with Crippen molar-refractivity contribution in [3.63, 3.8) is 0 Å². The molecule has 0 aliphatic heterocycles. The van der Waals surface area contributed by atoms with Gasteiger partial charge in [-0.1, -0.05) is 0 Å². The summed E-state index contributed by atoms with van der Waals surface area (Å²) in [5.74, 6) is 0. The first-order valence-electron chi connectivity index (χ1n) is 1.29. The summed E-state index contributed by atoms with van der Waals surface area (Å²) >= 11 is 0. The van der Waals surface area contributed by atoms with Crippen molar-refractivity contribution in [2.45, 2.75) is 5.51 Å². The van der Waals surface area contributed by atoms with Gasteiger partial charge in [0.1, 0.15) is 0 Å². The normalized spacial score (nSPS) is 11.2. The van der Waals surface area contributed by atoms with Crippen LogP contribution in [-0.2, 0) is 10.1 Å². The first-order valence-corrected chi connectivity index (χ1v) is 2.73. The Morgan fingerprint density at radius 1 is 1.20 bits per heavy atom. The molecule has 0 aromatic carbocycles. The lowest BCUT2D eigenvalue weighted by Gasteiger charge is -1.97. The number of alkyl halides is 3. The van der Waals surface area contributed by atoms with Crippen LogP contribution in [0.4, 0.5) is 13.2 Å². The fourth-order valence-electron chi connectivity index (χ4n) is 0. The molecule has 8 N–H and O–H groups in total. The van der Waals surface area contributed by atoms with Gasteiger partial charge in [-0.2, -0.15) is 21.6 Å². The van der Waals surface area contributed by atoms with Crippen molar-refractivity contribution in [2.24, 2.45) is 0 Å². The second kappa shape index (κ2) is 3.71. The van der Waals surface area contributed by atoms with Crippen LogP contribution in [0.3, 0.4) is 0 Å². The molecule has 0 bridgehead atoms. The van der Waals surface area contributed by atoms with Crippen molar-refractivity contribution in [2.75, 3.05) is 0 Å². The van der Waals surface area contributed by atoms with Crippen molar-refractivity contribution in [3.05, 3.63) is 0 Å². The summed E-state index contributed by atoms with van der Waals surface area (Å²) in [7, 11) is -5.84. The van der Waals surface area contributed by atoms with Gasteiger partial charge in [-0.15, -0.1) is 0 Å². The topological polar surface area (TPSA) is 126 Å². The first-order chi connectivity index (χ1) is 3.25. The third kappa shape index (κ3) is 4.49. The van der Waals surface area contributed by atoms with E-state index in [-0.39, 0.29) is 12.3 Å². The van der Waals surface area contributed by atoms with Crippen LogP contribution in [0.5, 0.6) is 0 Å². The van der Waals surface area contributed by atoms with E-state index in [0.717, 1.165) is 0 Å². The largest absolute Gasteiger partial charge is 0.522 e. The monoisotopic (exact) mass is 185 g/mol. The van der Waals surface area contributed by atoms with Gasteiger partial charge in [0.25, 0.3) is 0 Å². The van der Waals surface area contributed by atoms with E-state index < -0.39 is 15.6 Å². The molecule has 0 aromatic rings. The molecule has 0 atom stereocenters. The van der Waals surface area contributed by atoms with Crippen LogP contribution in [0.2, 0.25) is 0 Å². The Morgan fingerprint density at radius 2 is 1.30 bits per heavy atom. The molecular formula is CH8F3N2O3S+. The van der Waals surface area contributed by atoms with Crippen molar-refractivity contribution in [1.82, 2.24) is 12.3 Å². The highest BCUT2D eigenvalue weighted by atomic mass is 32.2. The number of rotatable bonds is 0. The minimum Gasteiger partial charge on any atom is -0.369 e. The standard InChI is InChI=1S/CHF3O3S.2H3N/c2-1(3,4)8(5,6)7;;/h(H,5,6,7);2*1H3/p+1. The smallest absolute Gasteiger partial charge is 0.369 e. The second-order valence-corrected chi connectivity index (χ2v) is 2.33. The number of hydrogen-bond donors (Lipinski definition) is 3. The Hall–Kier alpha value is -0.380. The zero-order valence-electron chi connectivity index (χ0n) is 5.01. The lowest BCUT2D eigenvalue weighted by molar-refractivity contribution is -0.0510. The number of hydrogen-bond acceptors (Lipinski definition) is 3. The maximum atomic E-state index is 10.7. The quantitative estimate of drug-likeness (QED) is 0.383. The van der Waals surface area contributed by atoms with E-state index >= 15 is 0 Å². The molecule has 0 radical (unpaired) electrons. The van der Waals surface area contributed by atoms with Gasteiger partial charge < -0.3 is 12.3 Å². The molecule has 0 aromatic heterocycles. The average molecular weight is 185 g/mol. The van der Waals surface area contributed by atoms with Gasteiger partial charge in [0.15, 0.2) is 0 Å². The van der Waals surface area contributed by atoms with E-state index in [1.165, 1.54) is 0 Å². The van der Waals surface area contributed by atoms with Gasteiger partial charge in [-0.05, 0) is 0 Å². The molecule has 0 saturated heterocycles. The molecule has 0 aliphatic rings. The van der Waals surface area contributed by atoms with E-state index in [4.69, 9.17) is 13.0 Å². The lowest BCUT2D eigenvalue weighted by atomic mass is 11.6. The summed E-state index contributed by atoms with van der Waals surface area (Å²) in [4.78, 5) is 0. The van der Waals surface area contributed by atoms with E-state index in [1.54, 1.807) is 0 Å². The Morgan fingerprint density at radius 3 is 1.30 bits per heavy atom. The van der Waals surface area contributed by atoms with Crippen LogP contribution in [0.25, 0.3) is 0 Å². The van der Waals surface area contributed by atoms with E-state index in [0.29, 0.717) is 0 Å². The molecule has 9 heteroatoms. The molecule has 66 valence electrons. The van der Waals surface area contributed by atoms with Crippen molar-refractivity contribution >= 4 is 10.1 Å². The third-order valence-corrected chi connectivity index (χ3v) is 0.877. The third-order valence-electron chi connectivity index (χ3n) is 0.292. The van der Waals surface area contributed by atoms with Crippen LogP contribution in [0, 0.1) is 0 Å². The summed E-state index contributed by atoms with van der Waals surface area (Å²) < 4.78 is 57.5. The molecule has 0 unspecified atom stereocenters. The molecule has 0 spiro atoms. The van der Waals surface area contributed by atoms with Gasteiger partial charge in [0.05, 0.1) is 0 Å². The average Bonchev–Trinajstić information content (AvgIpc) is 1.25. The molecule has 0 heterocycles. The Kier molecular flexibility index (Phi) is 6.05. The Balaban J connectivity index is -0.000000245. The van der Waals surface area contributed by atoms with Crippen LogP contribution in [0.1, 0.15) is 0 Å². The van der Waals surface area contributed by atoms with Gasteiger partial charge >= 0.3 is 15.6 Å². The van der Waals surface area contributed by atoms with Crippen LogP contribution in [0.15, 0.2) is 0 Å². The lowest BCUT2D eigenvalue weighted by Crippen LogP contribution is -2.21. The fraction of sp³-hybridized carbons (Fsp3) is 1.00. The molecule has 0 rings (SSSR count).